The van der Waals surface area contributed by atoms with Crippen molar-refractivity contribution in [2.24, 2.45) is 0 Å². The molecule has 26 heavy (non-hydrogen) atoms. The van der Waals surface area contributed by atoms with Gasteiger partial charge in [-0.1, -0.05) is 30.3 Å². The molecule has 2 aromatic heterocycles. The van der Waals surface area contributed by atoms with E-state index in [9.17, 15) is 8.42 Å². The largest absolute Gasteiger partial charge is 0.481 e. The summed E-state index contributed by atoms with van der Waals surface area (Å²) in [6, 6.07) is 11.0. The molecule has 0 aliphatic rings. The highest BCUT2D eigenvalue weighted by atomic mass is 32.2. The third-order valence-electron chi connectivity index (χ3n) is 3.79. The van der Waals surface area contributed by atoms with Gasteiger partial charge >= 0.3 is 0 Å². The normalized spacial score (nSPS) is 11.2. The molecule has 0 amide bonds. The Hall–Kier alpha value is -3.00. The number of aromatic nitrogens is 3. The number of rotatable bonds is 5. The number of aryl methyl sites for hydroxylation is 2. The molecule has 2 heterocycles. The highest BCUT2D eigenvalue weighted by molar-refractivity contribution is 7.92. The van der Waals surface area contributed by atoms with E-state index >= 15 is 0 Å². The number of sulfonamides is 1. The Kier molecular flexibility index (Phi) is 4.85. The van der Waals surface area contributed by atoms with Gasteiger partial charge in [0.25, 0.3) is 10.0 Å². The van der Waals surface area contributed by atoms with Crippen LogP contribution in [0.4, 0.5) is 5.69 Å². The van der Waals surface area contributed by atoms with Crippen LogP contribution < -0.4 is 9.46 Å². The fourth-order valence-corrected chi connectivity index (χ4v) is 3.52. The van der Waals surface area contributed by atoms with Crippen molar-refractivity contribution in [1.82, 2.24) is 15.0 Å². The fraction of sp³-hybridized carbons (Fsp3) is 0.167. The summed E-state index contributed by atoms with van der Waals surface area (Å²) in [7, 11) is -2.32. The summed E-state index contributed by atoms with van der Waals surface area (Å²) in [5, 5.41) is 0. The minimum Gasteiger partial charge on any atom is -0.481 e. The fourth-order valence-electron chi connectivity index (χ4n) is 2.44. The molecule has 0 aliphatic heterocycles. The van der Waals surface area contributed by atoms with Crippen LogP contribution in [0.1, 0.15) is 11.3 Å². The maximum absolute atomic E-state index is 12.7. The van der Waals surface area contributed by atoms with Crippen LogP contribution >= 0.6 is 0 Å². The summed E-state index contributed by atoms with van der Waals surface area (Å²) in [4.78, 5) is 12.5. The molecule has 0 aliphatic carbocycles. The summed E-state index contributed by atoms with van der Waals surface area (Å²) in [5.41, 5.74) is 2.46. The molecule has 7 nitrogen and oxygen atoms in total. The molecule has 0 bridgehead atoms. The van der Waals surface area contributed by atoms with Crippen LogP contribution in [0.25, 0.3) is 11.4 Å². The third kappa shape index (κ3) is 3.65. The van der Waals surface area contributed by atoms with Crippen LogP contribution in [0.2, 0.25) is 0 Å². The minimum absolute atomic E-state index is 0.0215. The number of anilines is 1. The summed E-state index contributed by atoms with van der Waals surface area (Å²) >= 11 is 0. The molecule has 3 rings (SSSR count). The topological polar surface area (TPSA) is 94.1 Å². The van der Waals surface area contributed by atoms with Crippen molar-refractivity contribution in [3.63, 3.8) is 0 Å². The van der Waals surface area contributed by atoms with E-state index in [1.165, 1.54) is 19.5 Å². The van der Waals surface area contributed by atoms with Gasteiger partial charge in [-0.05, 0) is 19.4 Å². The molecule has 0 radical (unpaired) electrons. The number of hydrogen-bond donors (Lipinski definition) is 1. The van der Waals surface area contributed by atoms with Gasteiger partial charge in [-0.3, -0.25) is 4.72 Å². The Morgan fingerprint density at radius 3 is 2.27 bits per heavy atom. The number of methoxy groups -OCH3 is 1. The van der Waals surface area contributed by atoms with E-state index in [0.29, 0.717) is 28.6 Å². The summed E-state index contributed by atoms with van der Waals surface area (Å²) in [6.07, 6.45) is 2.58. The van der Waals surface area contributed by atoms with Gasteiger partial charge in [0.1, 0.15) is 4.90 Å². The lowest BCUT2D eigenvalue weighted by Gasteiger charge is -2.13. The van der Waals surface area contributed by atoms with E-state index in [2.05, 4.69) is 19.7 Å². The van der Waals surface area contributed by atoms with Crippen LogP contribution in [0, 0.1) is 13.8 Å². The predicted octanol–water partition coefficient (Wildman–Crippen LogP) is 2.96. The zero-order valence-electron chi connectivity index (χ0n) is 14.6. The van der Waals surface area contributed by atoms with E-state index in [1.807, 2.05) is 30.3 Å². The Labute approximate surface area is 152 Å². The van der Waals surface area contributed by atoms with Crippen molar-refractivity contribution in [3.05, 3.63) is 60.0 Å². The van der Waals surface area contributed by atoms with Crippen LogP contribution in [-0.4, -0.2) is 30.5 Å². The molecule has 0 atom stereocenters. The monoisotopic (exact) mass is 370 g/mol. The number of nitrogens with zero attached hydrogens (tertiary/aromatic N) is 3. The van der Waals surface area contributed by atoms with E-state index in [4.69, 9.17) is 4.74 Å². The summed E-state index contributed by atoms with van der Waals surface area (Å²) in [5.74, 6) is 0.890. The number of ether oxygens (including phenoxy) is 1. The molecule has 1 aromatic carbocycles. The average molecular weight is 370 g/mol. The lowest BCUT2D eigenvalue weighted by Crippen LogP contribution is -2.16. The zero-order chi connectivity index (χ0) is 18.7. The first-order valence-corrected chi connectivity index (χ1v) is 9.31. The molecule has 1 N–H and O–H groups in total. The van der Waals surface area contributed by atoms with Crippen LogP contribution in [0.3, 0.4) is 0 Å². The van der Waals surface area contributed by atoms with Crippen molar-refractivity contribution in [2.75, 3.05) is 11.8 Å². The Morgan fingerprint density at radius 2 is 1.69 bits per heavy atom. The minimum atomic E-state index is -3.83. The second-order valence-electron chi connectivity index (χ2n) is 5.66. The van der Waals surface area contributed by atoms with Gasteiger partial charge in [-0.25, -0.2) is 23.4 Å². The first-order valence-electron chi connectivity index (χ1n) is 7.83. The van der Waals surface area contributed by atoms with E-state index < -0.39 is 10.0 Å². The van der Waals surface area contributed by atoms with Crippen LogP contribution in [0.5, 0.6) is 5.88 Å². The highest BCUT2D eigenvalue weighted by Gasteiger charge is 2.19. The van der Waals surface area contributed by atoms with Crippen molar-refractivity contribution in [2.45, 2.75) is 18.7 Å². The second kappa shape index (κ2) is 7.09. The SMILES string of the molecule is COc1cc(C)c(NS(=O)(=O)c2cnc(-c3ccccc3)nc2)c(C)n1. The van der Waals surface area contributed by atoms with Gasteiger partial charge in [0.05, 0.1) is 30.9 Å². The molecule has 134 valence electrons. The number of nitrogens with one attached hydrogen (secondary N) is 1. The summed E-state index contributed by atoms with van der Waals surface area (Å²) < 4.78 is 33.0. The van der Waals surface area contributed by atoms with Gasteiger partial charge in [0, 0.05) is 11.6 Å². The molecule has 0 saturated carbocycles. The Morgan fingerprint density at radius 1 is 1.04 bits per heavy atom. The molecular weight excluding hydrogens is 352 g/mol. The zero-order valence-corrected chi connectivity index (χ0v) is 15.4. The van der Waals surface area contributed by atoms with Gasteiger partial charge in [0.15, 0.2) is 5.82 Å². The number of hydrogen-bond acceptors (Lipinski definition) is 6. The van der Waals surface area contributed by atoms with Gasteiger partial charge in [0.2, 0.25) is 5.88 Å². The quantitative estimate of drug-likeness (QED) is 0.742. The maximum atomic E-state index is 12.7. The molecule has 0 fully saturated rings. The average Bonchev–Trinajstić information content (AvgIpc) is 2.65. The number of pyridine rings is 1. The van der Waals surface area contributed by atoms with E-state index in [-0.39, 0.29) is 4.90 Å². The van der Waals surface area contributed by atoms with Crippen molar-refractivity contribution < 1.29 is 13.2 Å². The Bertz CT molecular complexity index is 997. The van der Waals surface area contributed by atoms with Crippen LogP contribution in [0.15, 0.2) is 53.7 Å². The first-order chi connectivity index (χ1) is 12.4. The third-order valence-corrected chi connectivity index (χ3v) is 5.09. The summed E-state index contributed by atoms with van der Waals surface area (Å²) in [6.45, 7) is 3.49. The first kappa shape index (κ1) is 17.8. The van der Waals surface area contributed by atoms with Crippen molar-refractivity contribution >= 4 is 15.7 Å². The molecule has 0 unspecified atom stereocenters. The van der Waals surface area contributed by atoms with Crippen molar-refractivity contribution in [3.8, 4) is 17.3 Å². The van der Waals surface area contributed by atoms with E-state index in [1.54, 1.807) is 19.9 Å². The lowest BCUT2D eigenvalue weighted by molar-refractivity contribution is 0.396. The molecular formula is C18H18N4O3S. The van der Waals surface area contributed by atoms with Gasteiger partial charge in [-0.15, -0.1) is 0 Å². The maximum Gasteiger partial charge on any atom is 0.265 e. The highest BCUT2D eigenvalue weighted by Crippen LogP contribution is 2.25. The van der Waals surface area contributed by atoms with E-state index in [0.717, 1.165) is 5.56 Å². The van der Waals surface area contributed by atoms with Crippen molar-refractivity contribution in [1.29, 1.82) is 0 Å². The molecule has 3 aromatic rings. The second-order valence-corrected chi connectivity index (χ2v) is 7.34. The molecule has 0 spiro atoms. The number of benzene rings is 1. The van der Waals surface area contributed by atoms with Gasteiger partial charge in [-0.2, -0.15) is 0 Å². The molecule has 8 heteroatoms. The standard InChI is InChI=1S/C18H18N4O3S/c1-12-9-16(25-3)21-13(2)17(12)22-26(23,24)15-10-19-18(20-11-15)14-7-5-4-6-8-14/h4-11,22H,1-3H3. The lowest BCUT2D eigenvalue weighted by atomic mass is 10.2. The predicted molar refractivity (Wildman–Crippen MR) is 98.5 cm³/mol. The Balaban J connectivity index is 1.90. The van der Waals surface area contributed by atoms with Gasteiger partial charge < -0.3 is 4.74 Å². The molecule has 0 saturated heterocycles. The smallest absolute Gasteiger partial charge is 0.265 e. The van der Waals surface area contributed by atoms with Crippen LogP contribution in [-0.2, 0) is 10.0 Å².